The molecular formula is C20H22ClNO4S. The molecule has 0 saturated carbocycles. The molecule has 2 aliphatic heterocycles. The van der Waals surface area contributed by atoms with Gasteiger partial charge in [-0.3, -0.25) is 4.79 Å². The zero-order valence-electron chi connectivity index (χ0n) is 15.0. The lowest BCUT2D eigenvalue weighted by atomic mass is 10.1. The Kier molecular flexibility index (Phi) is 5.86. The molecule has 0 radical (unpaired) electrons. The van der Waals surface area contributed by atoms with Crippen LogP contribution in [0.1, 0.15) is 23.3 Å². The third kappa shape index (κ3) is 4.57. The summed E-state index contributed by atoms with van der Waals surface area (Å²) in [6.07, 6.45) is 2.46. The fourth-order valence-electron chi connectivity index (χ4n) is 3.43. The Balaban J connectivity index is 1.49. The van der Waals surface area contributed by atoms with Crippen LogP contribution in [0.25, 0.3) is 0 Å². The average Bonchev–Trinajstić information content (AvgIpc) is 3.35. The molecule has 5 nitrogen and oxygen atoms in total. The SMILES string of the molecule is O=C(Cc1cc(Cl)c2c(c1)OCCO2)N(Cc1cccs1)CC1CCCO1. The number of fused-ring (bicyclic) bond motifs is 1. The van der Waals surface area contributed by atoms with Gasteiger partial charge in [0, 0.05) is 18.0 Å². The van der Waals surface area contributed by atoms with Crippen molar-refractivity contribution >= 4 is 28.8 Å². The van der Waals surface area contributed by atoms with E-state index in [2.05, 4.69) is 6.07 Å². The summed E-state index contributed by atoms with van der Waals surface area (Å²) in [5.41, 5.74) is 0.831. The molecule has 1 atom stereocenters. The van der Waals surface area contributed by atoms with Crippen LogP contribution in [0.15, 0.2) is 29.6 Å². The molecule has 4 rings (SSSR count). The second kappa shape index (κ2) is 8.50. The summed E-state index contributed by atoms with van der Waals surface area (Å²) in [5, 5.41) is 2.52. The van der Waals surface area contributed by atoms with E-state index in [1.165, 1.54) is 4.88 Å². The highest BCUT2D eigenvalue weighted by Gasteiger charge is 2.24. The van der Waals surface area contributed by atoms with Gasteiger partial charge in [-0.05, 0) is 42.0 Å². The van der Waals surface area contributed by atoms with E-state index in [4.69, 9.17) is 25.8 Å². The minimum absolute atomic E-state index is 0.0617. The maximum absolute atomic E-state index is 13.1. The first-order valence-electron chi connectivity index (χ1n) is 9.19. The standard InChI is InChI=1S/C20H22ClNO4S/c21-17-9-14(10-18-20(17)26-7-6-25-18)11-19(23)22(12-15-3-1-5-24-15)13-16-4-2-8-27-16/h2,4,8-10,15H,1,3,5-7,11-13H2. The summed E-state index contributed by atoms with van der Waals surface area (Å²) in [5.74, 6) is 1.24. The van der Waals surface area contributed by atoms with Gasteiger partial charge in [-0.25, -0.2) is 0 Å². The monoisotopic (exact) mass is 407 g/mol. The number of ether oxygens (including phenoxy) is 3. The minimum Gasteiger partial charge on any atom is -0.486 e. The summed E-state index contributed by atoms with van der Waals surface area (Å²) in [6, 6.07) is 7.72. The van der Waals surface area contributed by atoms with Gasteiger partial charge >= 0.3 is 0 Å². The first-order valence-corrected chi connectivity index (χ1v) is 10.4. The molecule has 0 spiro atoms. The molecule has 1 saturated heterocycles. The van der Waals surface area contributed by atoms with Crippen LogP contribution < -0.4 is 9.47 Å². The number of amides is 1. The minimum atomic E-state index is 0.0617. The van der Waals surface area contributed by atoms with Gasteiger partial charge in [-0.15, -0.1) is 11.3 Å². The van der Waals surface area contributed by atoms with E-state index in [9.17, 15) is 4.79 Å². The third-order valence-corrected chi connectivity index (χ3v) is 5.88. The van der Waals surface area contributed by atoms with E-state index in [0.29, 0.717) is 42.8 Å². The Morgan fingerprint density at radius 2 is 2.15 bits per heavy atom. The zero-order chi connectivity index (χ0) is 18.6. The number of hydrogen-bond donors (Lipinski definition) is 0. The van der Waals surface area contributed by atoms with Gasteiger partial charge in [0.05, 0.1) is 24.1 Å². The summed E-state index contributed by atoms with van der Waals surface area (Å²) in [4.78, 5) is 16.1. The van der Waals surface area contributed by atoms with Crippen LogP contribution in [-0.2, 0) is 22.5 Å². The van der Waals surface area contributed by atoms with Crippen molar-refractivity contribution < 1.29 is 19.0 Å². The zero-order valence-corrected chi connectivity index (χ0v) is 16.6. The van der Waals surface area contributed by atoms with Gasteiger partial charge in [0.1, 0.15) is 13.2 Å². The number of thiophene rings is 1. The number of rotatable bonds is 6. The van der Waals surface area contributed by atoms with Gasteiger partial charge in [-0.1, -0.05) is 17.7 Å². The Bertz CT molecular complexity index is 790. The van der Waals surface area contributed by atoms with Gasteiger partial charge in [0.15, 0.2) is 11.5 Å². The van der Waals surface area contributed by atoms with Crippen LogP contribution in [0.4, 0.5) is 0 Å². The van der Waals surface area contributed by atoms with Crippen molar-refractivity contribution in [1.29, 1.82) is 0 Å². The van der Waals surface area contributed by atoms with Crippen LogP contribution >= 0.6 is 22.9 Å². The lowest BCUT2D eigenvalue weighted by Crippen LogP contribution is -2.37. The highest BCUT2D eigenvalue weighted by Crippen LogP contribution is 2.38. The van der Waals surface area contributed by atoms with E-state index in [-0.39, 0.29) is 18.4 Å². The fourth-order valence-corrected chi connectivity index (χ4v) is 4.44. The predicted octanol–water partition coefficient (Wildman–Crippen LogP) is 3.92. The molecule has 27 heavy (non-hydrogen) atoms. The van der Waals surface area contributed by atoms with Gasteiger partial charge in [0.2, 0.25) is 5.91 Å². The first kappa shape index (κ1) is 18.6. The number of nitrogens with zero attached hydrogens (tertiary/aromatic N) is 1. The fraction of sp³-hybridized carbons (Fsp3) is 0.450. The molecule has 1 aromatic carbocycles. The summed E-state index contributed by atoms with van der Waals surface area (Å²) in [6.45, 7) is 2.98. The predicted molar refractivity (Wildman–Crippen MR) is 105 cm³/mol. The number of carbonyl (C=O) groups excluding carboxylic acids is 1. The molecule has 3 heterocycles. The van der Waals surface area contributed by atoms with Crippen molar-refractivity contribution in [3.63, 3.8) is 0 Å². The first-order chi connectivity index (χ1) is 13.2. The lowest BCUT2D eigenvalue weighted by Gasteiger charge is -2.26. The molecule has 0 N–H and O–H groups in total. The largest absolute Gasteiger partial charge is 0.486 e. The van der Waals surface area contributed by atoms with E-state index in [1.807, 2.05) is 22.4 Å². The number of carbonyl (C=O) groups is 1. The maximum atomic E-state index is 13.1. The van der Waals surface area contributed by atoms with Gasteiger partial charge < -0.3 is 19.1 Å². The van der Waals surface area contributed by atoms with Crippen molar-refractivity contribution in [2.24, 2.45) is 0 Å². The van der Waals surface area contributed by atoms with Gasteiger partial charge in [0.25, 0.3) is 0 Å². The van der Waals surface area contributed by atoms with E-state index in [1.54, 1.807) is 17.4 Å². The molecule has 1 amide bonds. The lowest BCUT2D eigenvalue weighted by molar-refractivity contribution is -0.132. The summed E-state index contributed by atoms with van der Waals surface area (Å²) >= 11 is 7.98. The highest BCUT2D eigenvalue weighted by molar-refractivity contribution is 7.09. The van der Waals surface area contributed by atoms with E-state index < -0.39 is 0 Å². The molecule has 0 bridgehead atoms. The normalized spacial score (nSPS) is 18.5. The van der Waals surface area contributed by atoms with Crippen molar-refractivity contribution in [1.82, 2.24) is 4.90 Å². The van der Waals surface area contributed by atoms with E-state index >= 15 is 0 Å². The van der Waals surface area contributed by atoms with Gasteiger partial charge in [-0.2, -0.15) is 0 Å². The van der Waals surface area contributed by atoms with Crippen LogP contribution in [0.5, 0.6) is 11.5 Å². The third-order valence-electron chi connectivity index (χ3n) is 4.74. The molecule has 2 aromatic rings. The van der Waals surface area contributed by atoms with Crippen LogP contribution in [0.3, 0.4) is 0 Å². The van der Waals surface area contributed by atoms with Crippen molar-refractivity contribution in [2.45, 2.75) is 31.9 Å². The van der Waals surface area contributed by atoms with Crippen molar-refractivity contribution in [3.05, 3.63) is 45.1 Å². The molecule has 144 valence electrons. The number of hydrogen-bond acceptors (Lipinski definition) is 5. The topological polar surface area (TPSA) is 48.0 Å². The van der Waals surface area contributed by atoms with E-state index in [0.717, 1.165) is 25.0 Å². The molecule has 2 aliphatic rings. The molecule has 0 aliphatic carbocycles. The Morgan fingerprint density at radius 3 is 2.93 bits per heavy atom. The highest BCUT2D eigenvalue weighted by atomic mass is 35.5. The van der Waals surface area contributed by atoms with Crippen molar-refractivity contribution in [3.8, 4) is 11.5 Å². The number of halogens is 1. The van der Waals surface area contributed by atoms with Crippen LogP contribution in [0.2, 0.25) is 5.02 Å². The second-order valence-corrected chi connectivity index (χ2v) is 8.21. The van der Waals surface area contributed by atoms with Crippen molar-refractivity contribution in [2.75, 3.05) is 26.4 Å². The Labute approximate surface area is 167 Å². The molecule has 1 fully saturated rings. The quantitative estimate of drug-likeness (QED) is 0.728. The molecule has 7 heteroatoms. The smallest absolute Gasteiger partial charge is 0.227 e. The van der Waals surface area contributed by atoms with Crippen LogP contribution in [-0.4, -0.2) is 43.3 Å². The summed E-state index contributed by atoms with van der Waals surface area (Å²) in [7, 11) is 0. The Morgan fingerprint density at radius 1 is 1.26 bits per heavy atom. The molecule has 1 aromatic heterocycles. The Hall–Kier alpha value is -1.76. The summed E-state index contributed by atoms with van der Waals surface area (Å²) < 4.78 is 16.9. The molecule has 1 unspecified atom stereocenters. The second-order valence-electron chi connectivity index (χ2n) is 6.77. The average molecular weight is 408 g/mol. The maximum Gasteiger partial charge on any atom is 0.227 e. The molecular weight excluding hydrogens is 386 g/mol. The van der Waals surface area contributed by atoms with Crippen LogP contribution in [0, 0.1) is 0 Å². The number of benzene rings is 1.